The molecule has 3 unspecified atom stereocenters. The van der Waals surface area contributed by atoms with Crippen molar-refractivity contribution in [1.29, 1.82) is 0 Å². The third-order valence-electron chi connectivity index (χ3n) is 10.8. The Labute approximate surface area is 324 Å². The van der Waals surface area contributed by atoms with Gasteiger partial charge in [-0.1, -0.05) is 218 Å². The van der Waals surface area contributed by atoms with E-state index in [1.165, 1.54) is 173 Å². The Hall–Kier alpha value is -1.17. The maximum atomic E-state index is 12.4. The zero-order valence-corrected chi connectivity index (χ0v) is 35.0. The second kappa shape index (κ2) is 42.6. The summed E-state index contributed by atoms with van der Waals surface area (Å²) in [4.78, 5) is 12.4. The molecule has 0 aliphatic heterocycles. The van der Waals surface area contributed by atoms with Crippen molar-refractivity contribution in [3.63, 3.8) is 0 Å². The molecular weight excluding hydrogens is 643 g/mol. The largest absolute Gasteiger partial charge is 0.394 e. The van der Waals surface area contributed by atoms with Gasteiger partial charge in [-0.05, 0) is 44.9 Å². The number of hydrogen-bond acceptors (Lipinski definition) is 4. The van der Waals surface area contributed by atoms with Crippen LogP contribution in [0.5, 0.6) is 0 Å². The molecule has 1 amide bonds. The first-order valence-corrected chi connectivity index (χ1v) is 23.1. The molecule has 0 fully saturated rings. The fourth-order valence-corrected chi connectivity index (χ4v) is 7.19. The summed E-state index contributed by atoms with van der Waals surface area (Å²) in [7, 11) is 0. The summed E-state index contributed by atoms with van der Waals surface area (Å²) in [5.74, 6) is -0.146. The molecule has 0 aromatic rings. The summed E-state index contributed by atoms with van der Waals surface area (Å²) in [6.07, 6.45) is 51.6. The smallest absolute Gasteiger partial charge is 0.220 e. The second-order valence-electron chi connectivity index (χ2n) is 16.0. The van der Waals surface area contributed by atoms with Crippen LogP contribution in [0.4, 0.5) is 0 Å². The number of aliphatic hydroxyl groups is 3. The maximum absolute atomic E-state index is 12.4. The molecule has 5 nitrogen and oxygen atoms in total. The number of carbonyl (C=O) groups is 1. The van der Waals surface area contributed by atoms with Crippen molar-refractivity contribution >= 4 is 5.91 Å². The van der Waals surface area contributed by atoms with Gasteiger partial charge in [-0.25, -0.2) is 0 Å². The number of rotatable bonds is 42. The van der Waals surface area contributed by atoms with Crippen molar-refractivity contribution < 1.29 is 20.1 Å². The molecule has 0 rings (SSSR count). The average Bonchev–Trinajstić information content (AvgIpc) is 3.15. The molecule has 0 bridgehead atoms. The van der Waals surface area contributed by atoms with Crippen LogP contribution in [0.3, 0.4) is 0 Å². The van der Waals surface area contributed by atoms with Crippen molar-refractivity contribution in [2.24, 2.45) is 0 Å². The Kier molecular flexibility index (Phi) is 41.6. The van der Waals surface area contributed by atoms with Crippen molar-refractivity contribution in [1.82, 2.24) is 5.32 Å². The van der Waals surface area contributed by atoms with Gasteiger partial charge >= 0.3 is 0 Å². The monoisotopic (exact) mass is 734 g/mol. The fraction of sp³-hybridized carbons (Fsp3) is 0.894. The van der Waals surface area contributed by atoms with E-state index in [-0.39, 0.29) is 12.5 Å². The molecule has 0 saturated carbocycles. The highest BCUT2D eigenvalue weighted by molar-refractivity contribution is 5.76. The Balaban J connectivity index is 3.56. The van der Waals surface area contributed by atoms with E-state index in [1.54, 1.807) is 0 Å². The van der Waals surface area contributed by atoms with Crippen LogP contribution in [0, 0.1) is 0 Å². The van der Waals surface area contributed by atoms with Crippen LogP contribution in [0.25, 0.3) is 0 Å². The molecule has 0 aliphatic rings. The van der Waals surface area contributed by atoms with Crippen molar-refractivity contribution in [3.05, 3.63) is 24.3 Å². The van der Waals surface area contributed by atoms with Crippen molar-refractivity contribution in [2.45, 2.75) is 263 Å². The summed E-state index contributed by atoms with van der Waals surface area (Å²) in [5.41, 5.74) is 0. The minimum Gasteiger partial charge on any atom is -0.394 e. The molecule has 4 N–H and O–H groups in total. The van der Waals surface area contributed by atoms with Crippen LogP contribution in [-0.2, 0) is 4.79 Å². The number of aliphatic hydroxyl groups excluding tert-OH is 3. The minimum atomic E-state index is -1.13. The minimum absolute atomic E-state index is 0.146. The SMILES string of the molecule is CCCCCCCCCCC/C=C\C/C=C\CCCCCCCCCCCCCC(=O)NC(CO)C(O)C(O)CCCCCCCCCCCCC. The molecule has 3 atom stereocenters. The number of hydrogen-bond donors (Lipinski definition) is 4. The first kappa shape index (κ1) is 50.8. The normalized spacial score (nSPS) is 13.7. The number of unbranched alkanes of at least 4 members (excludes halogenated alkanes) is 30. The lowest BCUT2D eigenvalue weighted by Gasteiger charge is -2.26. The zero-order chi connectivity index (χ0) is 38.0. The topological polar surface area (TPSA) is 89.8 Å². The summed E-state index contributed by atoms with van der Waals surface area (Å²) in [6, 6.07) is -0.807. The van der Waals surface area contributed by atoms with Gasteiger partial charge in [0.05, 0.1) is 18.8 Å². The summed E-state index contributed by atoms with van der Waals surface area (Å²) < 4.78 is 0. The van der Waals surface area contributed by atoms with E-state index in [1.807, 2.05) is 0 Å². The third-order valence-corrected chi connectivity index (χ3v) is 10.8. The Morgan fingerprint density at radius 2 is 0.827 bits per heavy atom. The molecule has 5 heteroatoms. The van der Waals surface area contributed by atoms with E-state index >= 15 is 0 Å². The predicted molar refractivity (Wildman–Crippen MR) is 227 cm³/mol. The Bertz CT molecular complexity index is 768. The number of allylic oxidation sites excluding steroid dienone is 4. The fourth-order valence-electron chi connectivity index (χ4n) is 7.19. The standard InChI is InChI=1S/C47H91NO4/c1-3-5-7-9-11-13-15-16-17-18-19-20-21-22-23-24-25-26-27-28-29-30-32-34-36-38-40-42-46(51)48-44(43-49)47(52)45(50)41-39-37-35-33-31-14-12-10-8-6-4-2/h19-20,22-23,44-45,47,49-50,52H,3-18,21,24-43H2,1-2H3,(H,48,51)/b20-19-,23-22-. The number of carbonyl (C=O) groups excluding carboxylic acids is 1. The highest BCUT2D eigenvalue weighted by atomic mass is 16.3. The van der Waals surface area contributed by atoms with Gasteiger partial charge in [0.25, 0.3) is 0 Å². The average molecular weight is 734 g/mol. The summed E-state index contributed by atoms with van der Waals surface area (Å²) in [5, 5.41) is 33.5. The molecule has 0 aromatic heterocycles. The lowest BCUT2D eigenvalue weighted by Crippen LogP contribution is -2.50. The summed E-state index contributed by atoms with van der Waals surface area (Å²) >= 11 is 0. The summed E-state index contributed by atoms with van der Waals surface area (Å²) in [6.45, 7) is 4.17. The second-order valence-corrected chi connectivity index (χ2v) is 16.0. The van der Waals surface area contributed by atoms with Gasteiger partial charge in [-0.2, -0.15) is 0 Å². The third kappa shape index (κ3) is 37.2. The quantitative estimate of drug-likeness (QED) is 0.0371. The van der Waals surface area contributed by atoms with E-state index in [4.69, 9.17) is 0 Å². The maximum Gasteiger partial charge on any atom is 0.220 e. The molecule has 0 aromatic carbocycles. The van der Waals surface area contributed by atoms with Crippen LogP contribution in [0.15, 0.2) is 24.3 Å². The van der Waals surface area contributed by atoms with E-state index in [0.717, 1.165) is 44.9 Å². The zero-order valence-electron chi connectivity index (χ0n) is 35.0. The molecule has 308 valence electrons. The Morgan fingerprint density at radius 3 is 1.21 bits per heavy atom. The lowest BCUT2D eigenvalue weighted by molar-refractivity contribution is -0.124. The molecule has 0 radical (unpaired) electrons. The van der Waals surface area contributed by atoms with Crippen molar-refractivity contribution in [2.75, 3.05) is 6.61 Å². The van der Waals surface area contributed by atoms with Crippen LogP contribution in [0.2, 0.25) is 0 Å². The van der Waals surface area contributed by atoms with E-state index < -0.39 is 18.2 Å². The molecule has 0 spiro atoms. The molecule has 0 saturated heterocycles. The van der Waals surface area contributed by atoms with E-state index in [2.05, 4.69) is 43.5 Å². The van der Waals surface area contributed by atoms with Crippen LogP contribution < -0.4 is 5.32 Å². The van der Waals surface area contributed by atoms with Crippen LogP contribution in [-0.4, -0.2) is 46.1 Å². The van der Waals surface area contributed by atoms with Crippen LogP contribution >= 0.6 is 0 Å². The number of nitrogens with one attached hydrogen (secondary N) is 1. The van der Waals surface area contributed by atoms with Gasteiger partial charge in [0.2, 0.25) is 5.91 Å². The molecule has 0 aliphatic carbocycles. The Morgan fingerprint density at radius 1 is 0.481 bits per heavy atom. The first-order valence-electron chi connectivity index (χ1n) is 23.1. The van der Waals surface area contributed by atoms with E-state index in [0.29, 0.717) is 12.8 Å². The number of amides is 1. The molecule has 0 heterocycles. The van der Waals surface area contributed by atoms with Gasteiger partial charge in [-0.3, -0.25) is 4.79 Å². The van der Waals surface area contributed by atoms with Crippen LogP contribution in [0.1, 0.15) is 245 Å². The molecular formula is C47H91NO4. The van der Waals surface area contributed by atoms with Gasteiger partial charge in [0.15, 0.2) is 0 Å². The molecule has 52 heavy (non-hydrogen) atoms. The van der Waals surface area contributed by atoms with E-state index in [9.17, 15) is 20.1 Å². The van der Waals surface area contributed by atoms with Gasteiger partial charge in [0, 0.05) is 6.42 Å². The highest BCUT2D eigenvalue weighted by Crippen LogP contribution is 2.16. The van der Waals surface area contributed by atoms with Gasteiger partial charge in [-0.15, -0.1) is 0 Å². The first-order chi connectivity index (χ1) is 25.6. The van der Waals surface area contributed by atoms with Crippen molar-refractivity contribution in [3.8, 4) is 0 Å². The lowest BCUT2D eigenvalue weighted by atomic mass is 9.99. The van der Waals surface area contributed by atoms with Gasteiger partial charge < -0.3 is 20.6 Å². The van der Waals surface area contributed by atoms with Gasteiger partial charge in [0.1, 0.15) is 6.10 Å². The predicted octanol–water partition coefficient (Wildman–Crippen LogP) is 13.4. The highest BCUT2D eigenvalue weighted by Gasteiger charge is 2.26.